The van der Waals surface area contributed by atoms with Crippen LogP contribution in [0.1, 0.15) is 36.9 Å². The van der Waals surface area contributed by atoms with Crippen molar-refractivity contribution in [1.82, 2.24) is 5.32 Å². The highest BCUT2D eigenvalue weighted by molar-refractivity contribution is 5.23. The molecule has 0 saturated carbocycles. The average Bonchev–Trinajstić information content (AvgIpc) is 2.80. The van der Waals surface area contributed by atoms with Gasteiger partial charge in [0.15, 0.2) is 0 Å². The maximum absolute atomic E-state index is 5.60. The van der Waals surface area contributed by atoms with Crippen molar-refractivity contribution >= 4 is 0 Å². The van der Waals surface area contributed by atoms with Gasteiger partial charge in [0, 0.05) is 19.2 Å². The highest BCUT2D eigenvalue weighted by Gasteiger charge is 2.16. The summed E-state index contributed by atoms with van der Waals surface area (Å²) in [5.74, 6) is 0. The SMILES string of the molecule is Cc1ccc(C(C)NCC2CCCO2)cc1. The van der Waals surface area contributed by atoms with Crippen molar-refractivity contribution in [3.05, 3.63) is 35.4 Å². The summed E-state index contributed by atoms with van der Waals surface area (Å²) in [7, 11) is 0. The predicted octanol–water partition coefficient (Wildman–Crippen LogP) is 2.82. The van der Waals surface area contributed by atoms with Crippen molar-refractivity contribution in [2.75, 3.05) is 13.2 Å². The molecule has 0 amide bonds. The topological polar surface area (TPSA) is 21.3 Å². The fraction of sp³-hybridized carbons (Fsp3) is 0.571. The van der Waals surface area contributed by atoms with Gasteiger partial charge in [-0.1, -0.05) is 29.8 Å². The first kappa shape index (κ1) is 11.6. The smallest absolute Gasteiger partial charge is 0.0700 e. The van der Waals surface area contributed by atoms with Crippen LogP contribution in [0.5, 0.6) is 0 Å². The van der Waals surface area contributed by atoms with Gasteiger partial charge in [0.2, 0.25) is 0 Å². The molecule has 1 saturated heterocycles. The van der Waals surface area contributed by atoms with E-state index in [1.54, 1.807) is 0 Å². The van der Waals surface area contributed by atoms with Gasteiger partial charge in [-0.3, -0.25) is 0 Å². The minimum absolute atomic E-state index is 0.407. The molecular weight excluding hydrogens is 198 g/mol. The summed E-state index contributed by atoms with van der Waals surface area (Å²) in [5.41, 5.74) is 2.67. The van der Waals surface area contributed by atoms with Crippen molar-refractivity contribution in [2.45, 2.75) is 38.8 Å². The molecule has 1 aliphatic heterocycles. The van der Waals surface area contributed by atoms with Crippen molar-refractivity contribution in [3.8, 4) is 0 Å². The quantitative estimate of drug-likeness (QED) is 0.840. The van der Waals surface area contributed by atoms with E-state index in [9.17, 15) is 0 Å². The second-order valence-electron chi connectivity index (χ2n) is 4.68. The Hall–Kier alpha value is -0.860. The standard InChI is InChI=1S/C14H21NO/c1-11-5-7-13(8-6-11)12(2)15-10-14-4-3-9-16-14/h5-8,12,14-15H,3-4,9-10H2,1-2H3. The van der Waals surface area contributed by atoms with Gasteiger partial charge < -0.3 is 10.1 Å². The number of rotatable bonds is 4. The lowest BCUT2D eigenvalue weighted by Gasteiger charge is -2.17. The first-order chi connectivity index (χ1) is 7.75. The number of benzene rings is 1. The van der Waals surface area contributed by atoms with Crippen LogP contribution in [0, 0.1) is 6.92 Å². The van der Waals surface area contributed by atoms with Crippen LogP contribution in [0.2, 0.25) is 0 Å². The first-order valence-corrected chi connectivity index (χ1v) is 6.17. The number of ether oxygens (including phenoxy) is 1. The molecule has 2 unspecified atom stereocenters. The number of aryl methyl sites for hydroxylation is 1. The summed E-state index contributed by atoms with van der Waals surface area (Å²) in [6.07, 6.45) is 2.84. The van der Waals surface area contributed by atoms with Crippen LogP contribution in [0.25, 0.3) is 0 Å². The molecule has 2 nitrogen and oxygen atoms in total. The van der Waals surface area contributed by atoms with Crippen LogP contribution in [-0.4, -0.2) is 19.3 Å². The second kappa shape index (κ2) is 5.46. The molecule has 1 heterocycles. The minimum atomic E-state index is 0.407. The van der Waals surface area contributed by atoms with E-state index >= 15 is 0 Å². The number of hydrogen-bond acceptors (Lipinski definition) is 2. The molecule has 1 aromatic rings. The number of nitrogens with one attached hydrogen (secondary N) is 1. The lowest BCUT2D eigenvalue weighted by Crippen LogP contribution is -2.28. The Bertz CT molecular complexity index is 314. The zero-order valence-corrected chi connectivity index (χ0v) is 10.2. The van der Waals surface area contributed by atoms with Gasteiger partial charge in [-0.05, 0) is 32.3 Å². The van der Waals surface area contributed by atoms with Crippen LogP contribution in [0.4, 0.5) is 0 Å². The lowest BCUT2D eigenvalue weighted by atomic mass is 10.1. The Kier molecular flexibility index (Phi) is 3.97. The lowest BCUT2D eigenvalue weighted by molar-refractivity contribution is 0.108. The molecule has 1 N–H and O–H groups in total. The largest absolute Gasteiger partial charge is 0.377 e. The van der Waals surface area contributed by atoms with E-state index in [4.69, 9.17) is 4.74 Å². The Morgan fingerprint density at radius 3 is 2.75 bits per heavy atom. The summed E-state index contributed by atoms with van der Waals surface area (Å²) in [4.78, 5) is 0. The van der Waals surface area contributed by atoms with Gasteiger partial charge in [-0.2, -0.15) is 0 Å². The Morgan fingerprint density at radius 1 is 1.38 bits per heavy atom. The minimum Gasteiger partial charge on any atom is -0.377 e. The van der Waals surface area contributed by atoms with Gasteiger partial charge in [0.1, 0.15) is 0 Å². The molecule has 0 aromatic heterocycles. The molecule has 88 valence electrons. The maximum atomic E-state index is 5.60. The van der Waals surface area contributed by atoms with Crippen LogP contribution in [0.15, 0.2) is 24.3 Å². The summed E-state index contributed by atoms with van der Waals surface area (Å²) < 4.78 is 5.60. The molecular formula is C14H21NO. The van der Waals surface area contributed by atoms with Crippen LogP contribution >= 0.6 is 0 Å². The molecule has 0 spiro atoms. The third-order valence-corrected chi connectivity index (χ3v) is 3.25. The Morgan fingerprint density at radius 2 is 2.12 bits per heavy atom. The maximum Gasteiger partial charge on any atom is 0.0700 e. The Balaban J connectivity index is 1.82. The van der Waals surface area contributed by atoms with E-state index in [1.165, 1.54) is 24.0 Å². The summed E-state index contributed by atoms with van der Waals surface area (Å²) in [6, 6.07) is 9.13. The molecule has 16 heavy (non-hydrogen) atoms. The van der Waals surface area contributed by atoms with E-state index < -0.39 is 0 Å². The summed E-state index contributed by atoms with van der Waals surface area (Å²) in [6.45, 7) is 6.23. The van der Waals surface area contributed by atoms with Crippen molar-refractivity contribution in [3.63, 3.8) is 0 Å². The highest BCUT2D eigenvalue weighted by Crippen LogP contribution is 2.15. The van der Waals surface area contributed by atoms with Crippen molar-refractivity contribution < 1.29 is 4.74 Å². The van der Waals surface area contributed by atoms with Gasteiger partial charge in [-0.25, -0.2) is 0 Å². The summed E-state index contributed by atoms with van der Waals surface area (Å²) in [5, 5.41) is 3.54. The molecule has 0 bridgehead atoms. The zero-order valence-electron chi connectivity index (χ0n) is 10.2. The molecule has 0 radical (unpaired) electrons. The van der Waals surface area contributed by atoms with E-state index in [2.05, 4.69) is 43.4 Å². The molecule has 0 aliphatic carbocycles. The van der Waals surface area contributed by atoms with Gasteiger partial charge >= 0.3 is 0 Å². The predicted molar refractivity (Wildman–Crippen MR) is 66.6 cm³/mol. The van der Waals surface area contributed by atoms with E-state index in [0.717, 1.165) is 13.2 Å². The van der Waals surface area contributed by atoms with Crippen LogP contribution < -0.4 is 5.32 Å². The third kappa shape index (κ3) is 3.06. The van der Waals surface area contributed by atoms with E-state index in [-0.39, 0.29) is 0 Å². The van der Waals surface area contributed by atoms with Gasteiger partial charge in [0.25, 0.3) is 0 Å². The molecule has 1 fully saturated rings. The average molecular weight is 219 g/mol. The summed E-state index contributed by atoms with van der Waals surface area (Å²) >= 11 is 0. The van der Waals surface area contributed by atoms with E-state index in [0.29, 0.717) is 12.1 Å². The monoisotopic (exact) mass is 219 g/mol. The molecule has 2 atom stereocenters. The van der Waals surface area contributed by atoms with Crippen molar-refractivity contribution in [2.24, 2.45) is 0 Å². The Labute approximate surface area is 98.0 Å². The molecule has 1 aromatic carbocycles. The zero-order chi connectivity index (χ0) is 11.4. The normalized spacial score (nSPS) is 22.2. The van der Waals surface area contributed by atoms with Gasteiger partial charge in [-0.15, -0.1) is 0 Å². The van der Waals surface area contributed by atoms with Crippen molar-refractivity contribution in [1.29, 1.82) is 0 Å². The molecule has 1 aliphatic rings. The van der Waals surface area contributed by atoms with Crippen LogP contribution in [-0.2, 0) is 4.74 Å². The fourth-order valence-electron chi connectivity index (χ4n) is 2.09. The van der Waals surface area contributed by atoms with E-state index in [1.807, 2.05) is 0 Å². The number of hydrogen-bond donors (Lipinski definition) is 1. The third-order valence-electron chi connectivity index (χ3n) is 3.25. The van der Waals surface area contributed by atoms with Crippen LogP contribution in [0.3, 0.4) is 0 Å². The fourth-order valence-corrected chi connectivity index (χ4v) is 2.09. The highest BCUT2D eigenvalue weighted by atomic mass is 16.5. The van der Waals surface area contributed by atoms with Gasteiger partial charge in [0.05, 0.1) is 6.10 Å². The molecule has 2 rings (SSSR count). The first-order valence-electron chi connectivity index (χ1n) is 6.17. The second-order valence-corrected chi connectivity index (χ2v) is 4.68. The molecule has 2 heteroatoms.